The van der Waals surface area contributed by atoms with Crippen molar-refractivity contribution in [1.29, 1.82) is 0 Å². The zero-order chi connectivity index (χ0) is 59.8. The summed E-state index contributed by atoms with van der Waals surface area (Å²) in [5.41, 5.74) is 3.11. The second kappa shape index (κ2) is 32.9. The molecule has 1 saturated carbocycles. The lowest BCUT2D eigenvalue weighted by Crippen LogP contribution is -2.59. The van der Waals surface area contributed by atoms with Gasteiger partial charge in [0.15, 0.2) is 0 Å². The quantitative estimate of drug-likeness (QED) is 0.106. The number of rotatable bonds is 12. The molecule has 3 fully saturated rings. The Balaban J connectivity index is 1.32. The third-order valence-corrected chi connectivity index (χ3v) is 16.8. The van der Waals surface area contributed by atoms with E-state index in [-0.39, 0.29) is 62.5 Å². The average molecular weight is 1190 g/mol. The van der Waals surface area contributed by atoms with Crippen LogP contribution in [0.4, 0.5) is 0 Å². The van der Waals surface area contributed by atoms with Crippen molar-refractivity contribution >= 4 is 86.6 Å². The molecule has 0 unspecified atom stereocenters. The number of hydrogen-bond donors (Lipinski definition) is 13. The Labute approximate surface area is 489 Å². The molecule has 2 saturated heterocycles. The van der Waals surface area contributed by atoms with E-state index in [0.717, 1.165) is 29.5 Å². The molecule has 2 bridgehead atoms. The summed E-state index contributed by atoms with van der Waals surface area (Å²) in [6.45, 7) is 2.57. The Morgan fingerprint density at radius 1 is 0.602 bits per heavy atom. The van der Waals surface area contributed by atoms with Gasteiger partial charge in [0, 0.05) is 49.2 Å². The molecule has 25 nitrogen and oxygen atoms in total. The first kappa shape index (κ1) is 64.6. The van der Waals surface area contributed by atoms with Crippen LogP contribution in [0.2, 0.25) is 0 Å². The number of carboxylic acid groups (broad SMARTS) is 1. The maximum atomic E-state index is 14.4. The van der Waals surface area contributed by atoms with Gasteiger partial charge in [0.1, 0.15) is 48.3 Å². The first-order valence-corrected chi connectivity index (χ1v) is 30.6. The van der Waals surface area contributed by atoms with Crippen LogP contribution in [0.3, 0.4) is 0 Å². The van der Waals surface area contributed by atoms with Crippen molar-refractivity contribution in [3.05, 3.63) is 78.4 Å². The molecule has 13 N–H and O–H groups in total. The standard InChI is InChI=1S/C56H77N13O12S2/c1-4-38-51(76)67-43(27-34-15-17-36(18-16-34)35-10-6-5-7-11-35)49(74)59-23-9-8-12-39(57-3)52(77)62-32(2)48(73)65-41-21-24-82-83-25-22-42(54(79)64-38)66-53(78)40(19-20-47(71)72)63-46(70)30-60-50(75)44(26-33-13-14-33)68-56(81)45(69-55(41)80)28-37-29-58-31-61-37/h5-7,10-11,15-18,29,31-33,38-45,57H,4,8-9,12-14,19-28,30H2,1-3H3,(H,58,61)(H,59,74)(H,60,75)(H,62,77)(H,63,70)(H,64,79)(H,65,73)(H,66,78)(H,67,76)(H,68,81)(H,69,80)(H,71,72)/t32-,38-,39+,40-,41+,42+,43-,44-,45-/m0/s1. The number of nitrogens with one attached hydrogen (secondary N) is 12. The van der Waals surface area contributed by atoms with Crippen molar-refractivity contribution in [1.82, 2.24) is 68.5 Å². The fraction of sp³-hybridized carbons (Fsp3) is 0.536. The van der Waals surface area contributed by atoms with Crippen LogP contribution in [0.15, 0.2) is 67.1 Å². The van der Waals surface area contributed by atoms with Gasteiger partial charge >= 0.3 is 5.97 Å². The zero-order valence-electron chi connectivity index (χ0n) is 46.8. The SMILES string of the molecule is CC[C@@H]1NC(=O)[C@H]2CCSSCC[C@@H](NC(=O)[C@H](C)NC(=O)[C@H](NC)CCCCNC(=O)[C@H](Cc3ccc(-c4ccccc4)cc3)NC1=O)C(=O)N[C@@H](Cc1cnc[nH]1)C(=O)N[C@@H](CC1CC1)C(=O)NCC(=O)N[C@@H](CCC(=O)O)C(=O)N2. The summed E-state index contributed by atoms with van der Waals surface area (Å²) in [5, 5.41) is 39.6. The predicted octanol–water partition coefficient (Wildman–Crippen LogP) is 0.0146. The summed E-state index contributed by atoms with van der Waals surface area (Å²) in [6.07, 6.45) is 4.68. The molecule has 9 atom stereocenters. The van der Waals surface area contributed by atoms with E-state index >= 15 is 0 Å². The van der Waals surface area contributed by atoms with Gasteiger partial charge in [0.2, 0.25) is 59.1 Å². The van der Waals surface area contributed by atoms with Gasteiger partial charge in [-0.3, -0.25) is 52.7 Å². The molecular formula is C56H77N13O12S2. The van der Waals surface area contributed by atoms with Crippen LogP contribution in [-0.2, 0) is 65.6 Å². The number of likely N-dealkylation sites (N-methyl/N-ethyl adjacent to an activating group) is 1. The van der Waals surface area contributed by atoms with Crippen LogP contribution in [0.1, 0.15) is 95.7 Å². The third kappa shape index (κ3) is 21.3. The summed E-state index contributed by atoms with van der Waals surface area (Å²) in [6, 6.07) is 6.29. The molecule has 0 spiro atoms. The van der Waals surface area contributed by atoms with E-state index in [9.17, 15) is 57.8 Å². The van der Waals surface area contributed by atoms with Crippen molar-refractivity contribution in [2.45, 2.75) is 152 Å². The predicted molar refractivity (Wildman–Crippen MR) is 310 cm³/mol. The highest BCUT2D eigenvalue weighted by atomic mass is 33.1. The van der Waals surface area contributed by atoms with E-state index < -0.39 is 139 Å². The number of H-pyrrole nitrogens is 1. The van der Waals surface area contributed by atoms with Gasteiger partial charge in [0.25, 0.3) is 0 Å². The van der Waals surface area contributed by atoms with Crippen LogP contribution < -0.4 is 58.5 Å². The molecule has 27 heteroatoms. The highest BCUT2D eigenvalue weighted by Gasteiger charge is 2.36. The summed E-state index contributed by atoms with van der Waals surface area (Å²) < 4.78 is 0. The van der Waals surface area contributed by atoms with Gasteiger partial charge in [-0.2, -0.15) is 0 Å². The number of aliphatic carboxylic acids is 1. The van der Waals surface area contributed by atoms with Crippen LogP contribution >= 0.6 is 21.6 Å². The molecule has 450 valence electrons. The second-order valence-corrected chi connectivity index (χ2v) is 23.6. The highest BCUT2D eigenvalue weighted by Crippen LogP contribution is 2.33. The molecule has 0 radical (unpaired) electrons. The van der Waals surface area contributed by atoms with E-state index in [2.05, 4.69) is 68.5 Å². The number of aromatic nitrogens is 2. The smallest absolute Gasteiger partial charge is 0.303 e. The maximum absolute atomic E-state index is 14.4. The molecule has 10 amide bonds. The topological polar surface area (TPSA) is 369 Å². The van der Waals surface area contributed by atoms with E-state index in [1.165, 1.54) is 41.0 Å². The number of hydrogen-bond acceptors (Lipinski definition) is 15. The first-order valence-electron chi connectivity index (χ1n) is 28.1. The first-order chi connectivity index (χ1) is 39.9. The minimum Gasteiger partial charge on any atom is -0.481 e. The number of fused-ring (bicyclic) bond motifs is 7. The maximum Gasteiger partial charge on any atom is 0.303 e. The minimum atomic E-state index is -1.52. The summed E-state index contributed by atoms with van der Waals surface area (Å²) in [5.74, 6) is -8.17. The summed E-state index contributed by atoms with van der Waals surface area (Å²) in [4.78, 5) is 159. The molecule has 1 aliphatic carbocycles. The Kier molecular flexibility index (Phi) is 25.7. The van der Waals surface area contributed by atoms with Gasteiger partial charge in [-0.25, -0.2) is 4.98 Å². The Bertz CT molecular complexity index is 2720. The fourth-order valence-corrected chi connectivity index (χ4v) is 11.5. The Hall–Kier alpha value is -7.52. The Morgan fingerprint density at radius 2 is 1.19 bits per heavy atom. The van der Waals surface area contributed by atoms with Gasteiger partial charge in [0.05, 0.1) is 18.9 Å². The molecule has 3 aromatic rings. The van der Waals surface area contributed by atoms with Crippen molar-refractivity contribution in [3.8, 4) is 11.1 Å². The number of carboxylic acids is 1. The van der Waals surface area contributed by atoms with Crippen LogP contribution in [0.25, 0.3) is 11.1 Å². The van der Waals surface area contributed by atoms with E-state index in [0.29, 0.717) is 25.0 Å². The number of imidazole rings is 1. The van der Waals surface area contributed by atoms with Crippen molar-refractivity contribution in [2.75, 3.05) is 31.6 Å². The second-order valence-electron chi connectivity index (χ2n) is 20.9. The molecule has 1 aromatic heterocycles. The monoisotopic (exact) mass is 1190 g/mol. The molecule has 3 aliphatic rings. The number of nitrogens with zero attached hydrogens (tertiary/aromatic N) is 1. The molecule has 6 rings (SSSR count). The van der Waals surface area contributed by atoms with Crippen LogP contribution in [0, 0.1) is 5.92 Å². The number of aromatic amines is 1. The lowest BCUT2D eigenvalue weighted by atomic mass is 10.00. The van der Waals surface area contributed by atoms with Gasteiger partial charge in [-0.1, -0.05) is 96.0 Å². The molecule has 3 heterocycles. The number of carbonyl (C=O) groups excluding carboxylic acids is 10. The number of benzene rings is 2. The Morgan fingerprint density at radius 3 is 1.82 bits per heavy atom. The van der Waals surface area contributed by atoms with E-state index in [4.69, 9.17) is 0 Å². The fourth-order valence-electron chi connectivity index (χ4n) is 9.32. The highest BCUT2D eigenvalue weighted by molar-refractivity contribution is 8.76. The molecule has 83 heavy (non-hydrogen) atoms. The lowest BCUT2D eigenvalue weighted by Gasteiger charge is -2.27. The summed E-state index contributed by atoms with van der Waals surface area (Å²) >= 11 is 0. The lowest BCUT2D eigenvalue weighted by molar-refractivity contribution is -0.138. The minimum absolute atomic E-state index is 0.00438. The largest absolute Gasteiger partial charge is 0.481 e. The van der Waals surface area contributed by atoms with Crippen molar-refractivity contribution in [3.63, 3.8) is 0 Å². The molecule has 2 aliphatic heterocycles. The van der Waals surface area contributed by atoms with Gasteiger partial charge in [-0.05, 0) is 87.9 Å². The number of amides is 10. The van der Waals surface area contributed by atoms with Crippen molar-refractivity contribution < 1.29 is 57.8 Å². The molecular weight excluding hydrogens is 1110 g/mol. The van der Waals surface area contributed by atoms with Crippen LogP contribution in [0.5, 0.6) is 0 Å². The van der Waals surface area contributed by atoms with Gasteiger partial charge < -0.3 is 68.6 Å². The third-order valence-electron chi connectivity index (χ3n) is 14.4. The van der Waals surface area contributed by atoms with Crippen LogP contribution in [-0.4, -0.2) is 166 Å². The molecule has 2 aromatic carbocycles. The van der Waals surface area contributed by atoms with E-state index in [1.54, 1.807) is 14.0 Å². The van der Waals surface area contributed by atoms with Crippen molar-refractivity contribution in [2.24, 2.45) is 5.92 Å². The zero-order valence-corrected chi connectivity index (χ0v) is 48.5. The number of carbonyl (C=O) groups is 11. The summed E-state index contributed by atoms with van der Waals surface area (Å²) in [7, 11) is 4.10. The van der Waals surface area contributed by atoms with Gasteiger partial charge in [-0.15, -0.1) is 0 Å². The normalized spacial score (nSPS) is 26.1. The van der Waals surface area contributed by atoms with E-state index in [1.807, 2.05) is 54.6 Å². The average Bonchev–Trinajstić information content (AvgIpc) is 4.27.